The zero-order valence-electron chi connectivity index (χ0n) is 12.5. The van der Waals surface area contributed by atoms with E-state index in [-0.39, 0.29) is 0 Å². The van der Waals surface area contributed by atoms with Crippen molar-refractivity contribution < 1.29 is 0 Å². The highest BCUT2D eigenvalue weighted by Crippen LogP contribution is 2.42. The Morgan fingerprint density at radius 3 is 2.82 bits per heavy atom. The van der Waals surface area contributed by atoms with Crippen molar-refractivity contribution in [3.8, 4) is 11.3 Å². The van der Waals surface area contributed by atoms with Crippen LogP contribution < -0.4 is 5.32 Å². The van der Waals surface area contributed by atoms with Gasteiger partial charge < -0.3 is 9.88 Å². The van der Waals surface area contributed by atoms with Gasteiger partial charge in [-0.1, -0.05) is 23.2 Å². The van der Waals surface area contributed by atoms with Gasteiger partial charge in [0.1, 0.15) is 0 Å². The predicted molar refractivity (Wildman–Crippen MR) is 90.6 cm³/mol. The summed E-state index contributed by atoms with van der Waals surface area (Å²) in [6.45, 7) is 1.84. The third-order valence-electron chi connectivity index (χ3n) is 4.42. The average molecular weight is 335 g/mol. The van der Waals surface area contributed by atoms with Crippen molar-refractivity contribution in [2.75, 3.05) is 6.54 Å². The highest BCUT2D eigenvalue weighted by molar-refractivity contribution is 6.45. The molecule has 6 heteroatoms. The van der Waals surface area contributed by atoms with Crippen LogP contribution in [-0.2, 0) is 27.1 Å². The Bertz CT molecular complexity index is 892. The molecule has 0 atom stereocenters. The third-order valence-corrected chi connectivity index (χ3v) is 5.19. The normalized spacial score (nSPS) is 14.5. The zero-order chi connectivity index (χ0) is 15.4. The van der Waals surface area contributed by atoms with Crippen LogP contribution in [0.1, 0.15) is 11.3 Å². The van der Waals surface area contributed by atoms with Crippen LogP contribution in [0, 0.1) is 0 Å². The molecule has 0 aliphatic carbocycles. The number of hydrogen-bond donors (Lipinski definition) is 1. The second kappa shape index (κ2) is 5.01. The van der Waals surface area contributed by atoms with Crippen LogP contribution in [0.5, 0.6) is 0 Å². The van der Waals surface area contributed by atoms with E-state index in [0.717, 1.165) is 41.7 Å². The lowest BCUT2D eigenvalue weighted by molar-refractivity contribution is 0.622. The topological polar surface area (TPSA) is 34.8 Å². The van der Waals surface area contributed by atoms with E-state index in [4.69, 9.17) is 23.2 Å². The summed E-state index contributed by atoms with van der Waals surface area (Å²) in [5, 5.41) is 10.3. The standard InChI is InChI=1S/C16H16Cl2N4/c1-21-6-4-12(20-21)9-7-11(17)15(18)16-14(9)10-8-19-5-3-13(10)22(16)2/h4,6-7,19H,3,5,8H2,1-2H3. The van der Waals surface area contributed by atoms with Gasteiger partial charge in [0.15, 0.2) is 0 Å². The summed E-state index contributed by atoms with van der Waals surface area (Å²) in [7, 11) is 3.98. The summed E-state index contributed by atoms with van der Waals surface area (Å²) in [4.78, 5) is 0. The Kier molecular flexibility index (Phi) is 3.22. The Labute approximate surface area is 138 Å². The Balaban J connectivity index is 2.15. The molecule has 2 aromatic heterocycles. The quantitative estimate of drug-likeness (QED) is 0.738. The third kappa shape index (κ3) is 1.91. The lowest BCUT2D eigenvalue weighted by Gasteiger charge is -2.15. The smallest absolute Gasteiger partial charge is 0.0930 e. The van der Waals surface area contributed by atoms with E-state index in [2.05, 4.69) is 22.0 Å². The van der Waals surface area contributed by atoms with Gasteiger partial charge in [0.2, 0.25) is 0 Å². The molecule has 0 amide bonds. The van der Waals surface area contributed by atoms with Crippen molar-refractivity contribution in [2.45, 2.75) is 13.0 Å². The predicted octanol–water partition coefficient (Wildman–Crippen LogP) is 3.53. The van der Waals surface area contributed by atoms with Gasteiger partial charge in [-0.2, -0.15) is 5.10 Å². The van der Waals surface area contributed by atoms with Gasteiger partial charge in [-0.15, -0.1) is 0 Å². The van der Waals surface area contributed by atoms with Gasteiger partial charge in [-0.05, 0) is 17.7 Å². The fourth-order valence-electron chi connectivity index (χ4n) is 3.40. The number of aryl methyl sites for hydroxylation is 2. The van der Waals surface area contributed by atoms with Crippen LogP contribution >= 0.6 is 23.2 Å². The first-order valence-electron chi connectivity index (χ1n) is 7.26. The van der Waals surface area contributed by atoms with Crippen molar-refractivity contribution in [2.24, 2.45) is 14.1 Å². The molecule has 0 fully saturated rings. The minimum atomic E-state index is 0.570. The first-order chi connectivity index (χ1) is 10.6. The summed E-state index contributed by atoms with van der Waals surface area (Å²) in [6, 6.07) is 3.94. The highest BCUT2D eigenvalue weighted by atomic mass is 35.5. The molecule has 1 aliphatic heterocycles. The first kappa shape index (κ1) is 14.1. The summed E-state index contributed by atoms with van der Waals surface area (Å²) in [6.07, 6.45) is 2.94. The van der Waals surface area contributed by atoms with Crippen molar-refractivity contribution in [3.63, 3.8) is 0 Å². The van der Waals surface area contributed by atoms with E-state index in [9.17, 15) is 0 Å². The lowest BCUT2D eigenvalue weighted by atomic mass is 10.00. The molecule has 22 heavy (non-hydrogen) atoms. The van der Waals surface area contributed by atoms with Crippen molar-refractivity contribution in [3.05, 3.63) is 39.6 Å². The highest BCUT2D eigenvalue weighted by Gasteiger charge is 2.24. The van der Waals surface area contributed by atoms with E-state index in [1.807, 2.05) is 25.4 Å². The van der Waals surface area contributed by atoms with Crippen molar-refractivity contribution >= 4 is 34.1 Å². The fourth-order valence-corrected chi connectivity index (χ4v) is 3.88. The molecule has 114 valence electrons. The number of halogens is 2. The fraction of sp³-hybridized carbons (Fsp3) is 0.312. The molecular weight excluding hydrogens is 319 g/mol. The maximum Gasteiger partial charge on any atom is 0.0930 e. The maximum atomic E-state index is 6.52. The SMILES string of the molecule is Cn1ccc(-c2cc(Cl)c(Cl)c3c2c2c(n3C)CCNC2)n1. The van der Waals surface area contributed by atoms with Gasteiger partial charge >= 0.3 is 0 Å². The van der Waals surface area contributed by atoms with Gasteiger partial charge in [0, 0.05) is 56.4 Å². The summed E-state index contributed by atoms with van der Waals surface area (Å²) >= 11 is 12.9. The van der Waals surface area contributed by atoms with E-state index in [1.54, 1.807) is 4.68 Å². The monoisotopic (exact) mass is 334 g/mol. The molecule has 0 saturated carbocycles. The van der Waals surface area contributed by atoms with Gasteiger partial charge in [0.05, 0.1) is 21.3 Å². The van der Waals surface area contributed by atoms with Gasteiger partial charge in [-0.25, -0.2) is 0 Å². The number of aromatic nitrogens is 3. The second-order valence-electron chi connectivity index (χ2n) is 5.73. The van der Waals surface area contributed by atoms with Crippen LogP contribution in [0.15, 0.2) is 18.3 Å². The molecule has 0 unspecified atom stereocenters. The minimum Gasteiger partial charge on any atom is -0.346 e. The summed E-state index contributed by atoms with van der Waals surface area (Å²) in [5.41, 5.74) is 5.61. The lowest BCUT2D eigenvalue weighted by Crippen LogP contribution is -2.24. The van der Waals surface area contributed by atoms with Crippen molar-refractivity contribution in [1.82, 2.24) is 19.7 Å². The van der Waals surface area contributed by atoms with Crippen LogP contribution in [0.25, 0.3) is 22.2 Å². The van der Waals surface area contributed by atoms with Crippen LogP contribution in [-0.4, -0.2) is 20.9 Å². The number of fused-ring (bicyclic) bond motifs is 3. The van der Waals surface area contributed by atoms with E-state index in [1.165, 1.54) is 11.3 Å². The average Bonchev–Trinajstić information content (AvgIpc) is 3.06. The van der Waals surface area contributed by atoms with E-state index in [0.29, 0.717) is 10.0 Å². The minimum absolute atomic E-state index is 0.570. The Morgan fingerprint density at radius 1 is 1.27 bits per heavy atom. The molecule has 4 nitrogen and oxygen atoms in total. The van der Waals surface area contributed by atoms with E-state index >= 15 is 0 Å². The Hall–Kier alpha value is -1.49. The van der Waals surface area contributed by atoms with Crippen molar-refractivity contribution in [1.29, 1.82) is 0 Å². The largest absolute Gasteiger partial charge is 0.346 e. The maximum absolute atomic E-state index is 6.52. The van der Waals surface area contributed by atoms with Gasteiger partial charge in [0.25, 0.3) is 0 Å². The van der Waals surface area contributed by atoms with Crippen LogP contribution in [0.2, 0.25) is 10.0 Å². The second-order valence-corrected chi connectivity index (χ2v) is 6.51. The number of hydrogen-bond acceptors (Lipinski definition) is 2. The molecule has 0 bridgehead atoms. The summed E-state index contributed by atoms with van der Waals surface area (Å²) < 4.78 is 3.99. The number of rotatable bonds is 1. The molecule has 1 aromatic carbocycles. The van der Waals surface area contributed by atoms with Crippen LogP contribution in [0.3, 0.4) is 0 Å². The molecule has 3 aromatic rings. The Morgan fingerprint density at radius 2 is 2.09 bits per heavy atom. The van der Waals surface area contributed by atoms with E-state index < -0.39 is 0 Å². The molecule has 0 radical (unpaired) electrons. The molecule has 0 saturated heterocycles. The van der Waals surface area contributed by atoms with Gasteiger partial charge in [-0.3, -0.25) is 4.68 Å². The van der Waals surface area contributed by atoms with Crippen LogP contribution in [0.4, 0.5) is 0 Å². The number of benzene rings is 1. The number of nitrogens with one attached hydrogen (secondary N) is 1. The molecule has 4 rings (SSSR count). The molecule has 3 heterocycles. The molecule has 1 N–H and O–H groups in total. The summed E-state index contributed by atoms with van der Waals surface area (Å²) in [5.74, 6) is 0. The zero-order valence-corrected chi connectivity index (χ0v) is 14.0. The molecule has 1 aliphatic rings. The molecular formula is C16H16Cl2N4. The number of nitrogens with zero attached hydrogens (tertiary/aromatic N) is 3. The molecule has 0 spiro atoms. The first-order valence-corrected chi connectivity index (χ1v) is 8.02.